The van der Waals surface area contributed by atoms with Crippen LogP contribution in [0.4, 0.5) is 18.9 Å². The zero-order valence-electron chi connectivity index (χ0n) is 13.3. The number of morpholine rings is 1. The summed E-state index contributed by atoms with van der Waals surface area (Å²) in [6.45, 7) is 3.85. The Bertz CT molecular complexity index is 531. The molecule has 1 amide bonds. The minimum absolute atomic E-state index is 0.179. The van der Waals surface area contributed by atoms with Crippen LogP contribution >= 0.6 is 0 Å². The van der Waals surface area contributed by atoms with Crippen LogP contribution in [-0.2, 0) is 9.53 Å². The first-order valence-corrected chi connectivity index (χ1v) is 7.46. The summed E-state index contributed by atoms with van der Waals surface area (Å²) in [6.07, 6.45) is -4.73. The summed E-state index contributed by atoms with van der Waals surface area (Å²) >= 11 is 0. The van der Waals surface area contributed by atoms with E-state index in [9.17, 15) is 18.0 Å². The summed E-state index contributed by atoms with van der Waals surface area (Å²) in [5.41, 5.74) is 0.411. The van der Waals surface area contributed by atoms with Crippen LogP contribution in [-0.4, -0.2) is 68.6 Å². The molecule has 0 unspecified atom stereocenters. The molecule has 1 aliphatic heterocycles. The first-order valence-electron chi connectivity index (χ1n) is 7.46. The van der Waals surface area contributed by atoms with E-state index in [4.69, 9.17) is 4.74 Å². The Morgan fingerprint density at radius 2 is 1.92 bits per heavy atom. The summed E-state index contributed by atoms with van der Waals surface area (Å²) in [5, 5.41) is 2.64. The quantitative estimate of drug-likeness (QED) is 0.850. The van der Waals surface area contributed by atoms with Gasteiger partial charge in [0, 0.05) is 18.8 Å². The van der Waals surface area contributed by atoms with Gasteiger partial charge < -0.3 is 14.8 Å². The van der Waals surface area contributed by atoms with E-state index in [1.807, 2.05) is 11.9 Å². The van der Waals surface area contributed by atoms with Crippen molar-refractivity contribution in [2.24, 2.45) is 0 Å². The SMILES string of the molecule is CN(CC(=O)Nc1ccc(OC(F)(F)F)cc1)CN1CCOCC1. The highest BCUT2D eigenvalue weighted by Gasteiger charge is 2.30. The second kappa shape index (κ2) is 8.32. The average molecular weight is 347 g/mol. The van der Waals surface area contributed by atoms with Crippen LogP contribution in [0.3, 0.4) is 0 Å². The Hall–Kier alpha value is -1.84. The van der Waals surface area contributed by atoms with Crippen LogP contribution in [0.1, 0.15) is 0 Å². The van der Waals surface area contributed by atoms with Gasteiger partial charge in [-0.25, -0.2) is 0 Å². The van der Waals surface area contributed by atoms with Crippen molar-refractivity contribution >= 4 is 11.6 Å². The van der Waals surface area contributed by atoms with Crippen molar-refractivity contribution in [3.05, 3.63) is 24.3 Å². The molecule has 0 bridgehead atoms. The molecule has 0 saturated carbocycles. The predicted molar refractivity (Wildman–Crippen MR) is 81.6 cm³/mol. The number of likely N-dealkylation sites (N-methyl/N-ethyl adjacent to an activating group) is 1. The van der Waals surface area contributed by atoms with Gasteiger partial charge in [-0.1, -0.05) is 0 Å². The highest BCUT2D eigenvalue weighted by atomic mass is 19.4. The molecule has 1 fully saturated rings. The number of carbonyl (C=O) groups is 1. The lowest BCUT2D eigenvalue weighted by Crippen LogP contribution is -2.44. The molecular weight excluding hydrogens is 327 g/mol. The number of carbonyl (C=O) groups excluding carboxylic acids is 1. The van der Waals surface area contributed by atoms with E-state index in [1.54, 1.807) is 0 Å². The van der Waals surface area contributed by atoms with Gasteiger partial charge in [0.15, 0.2) is 0 Å². The van der Waals surface area contributed by atoms with Crippen LogP contribution in [0.5, 0.6) is 5.75 Å². The van der Waals surface area contributed by atoms with Crippen molar-refractivity contribution in [3.63, 3.8) is 0 Å². The van der Waals surface area contributed by atoms with Gasteiger partial charge >= 0.3 is 6.36 Å². The van der Waals surface area contributed by atoms with Crippen molar-refractivity contribution in [2.75, 3.05) is 51.9 Å². The zero-order valence-corrected chi connectivity index (χ0v) is 13.3. The molecule has 0 spiro atoms. The van der Waals surface area contributed by atoms with Gasteiger partial charge in [0.05, 0.1) is 26.4 Å². The van der Waals surface area contributed by atoms with E-state index in [-0.39, 0.29) is 18.2 Å². The highest BCUT2D eigenvalue weighted by Crippen LogP contribution is 2.23. The Kier molecular flexibility index (Phi) is 6.41. The third kappa shape index (κ3) is 6.73. The van der Waals surface area contributed by atoms with Gasteiger partial charge in [0.25, 0.3) is 0 Å². The number of halogens is 3. The van der Waals surface area contributed by atoms with Gasteiger partial charge in [-0.15, -0.1) is 13.2 Å². The van der Waals surface area contributed by atoms with Crippen molar-refractivity contribution in [2.45, 2.75) is 6.36 Å². The second-order valence-corrected chi connectivity index (χ2v) is 5.51. The number of nitrogens with one attached hydrogen (secondary N) is 1. The molecule has 0 aromatic heterocycles. The minimum atomic E-state index is -4.73. The van der Waals surface area contributed by atoms with E-state index < -0.39 is 6.36 Å². The molecule has 1 aromatic carbocycles. The van der Waals surface area contributed by atoms with E-state index in [0.717, 1.165) is 25.2 Å². The number of nitrogens with zero attached hydrogens (tertiary/aromatic N) is 2. The van der Waals surface area contributed by atoms with Crippen LogP contribution in [0.25, 0.3) is 0 Å². The molecule has 1 N–H and O–H groups in total. The number of hydrogen-bond acceptors (Lipinski definition) is 5. The van der Waals surface area contributed by atoms with Crippen LogP contribution in [0.2, 0.25) is 0 Å². The Balaban J connectivity index is 1.76. The third-order valence-corrected chi connectivity index (χ3v) is 3.33. The van der Waals surface area contributed by atoms with Crippen molar-refractivity contribution in [3.8, 4) is 5.75 Å². The molecule has 9 heteroatoms. The maximum Gasteiger partial charge on any atom is 0.573 e. The molecule has 6 nitrogen and oxygen atoms in total. The normalized spacial score (nSPS) is 16.2. The van der Waals surface area contributed by atoms with Crippen molar-refractivity contribution in [1.29, 1.82) is 0 Å². The predicted octanol–water partition coefficient (Wildman–Crippen LogP) is 1.75. The summed E-state index contributed by atoms with van der Waals surface area (Å²) in [5.74, 6) is -0.569. The topological polar surface area (TPSA) is 54.0 Å². The summed E-state index contributed by atoms with van der Waals surface area (Å²) in [4.78, 5) is 16.0. The fourth-order valence-electron chi connectivity index (χ4n) is 2.32. The van der Waals surface area contributed by atoms with E-state index in [1.165, 1.54) is 12.1 Å². The Morgan fingerprint density at radius 3 is 2.50 bits per heavy atom. The molecule has 24 heavy (non-hydrogen) atoms. The van der Waals surface area contributed by atoms with Gasteiger partial charge in [0.1, 0.15) is 5.75 Å². The lowest BCUT2D eigenvalue weighted by atomic mass is 10.3. The fourth-order valence-corrected chi connectivity index (χ4v) is 2.32. The molecule has 1 heterocycles. The van der Waals surface area contributed by atoms with Gasteiger partial charge in [-0.3, -0.25) is 14.6 Å². The number of benzene rings is 1. The molecule has 1 saturated heterocycles. The lowest BCUT2D eigenvalue weighted by Gasteiger charge is -2.30. The molecule has 0 radical (unpaired) electrons. The van der Waals surface area contributed by atoms with Crippen LogP contribution in [0, 0.1) is 0 Å². The molecular formula is C15H20F3N3O3. The Labute approximate surface area is 138 Å². The first-order chi connectivity index (χ1) is 11.3. The average Bonchev–Trinajstić information content (AvgIpc) is 2.48. The van der Waals surface area contributed by atoms with Crippen molar-refractivity contribution in [1.82, 2.24) is 9.80 Å². The minimum Gasteiger partial charge on any atom is -0.406 e. The summed E-state index contributed by atoms with van der Waals surface area (Å²) in [7, 11) is 1.83. The number of rotatable bonds is 6. The molecule has 1 aliphatic rings. The van der Waals surface area contributed by atoms with E-state index in [2.05, 4.69) is 15.0 Å². The number of hydrogen-bond donors (Lipinski definition) is 1. The monoisotopic (exact) mass is 347 g/mol. The zero-order chi connectivity index (χ0) is 17.6. The number of anilines is 1. The number of amides is 1. The standard InChI is InChI=1S/C15H20F3N3O3/c1-20(11-21-6-8-23-9-7-21)10-14(22)19-12-2-4-13(5-3-12)24-15(16,17)18/h2-5H,6-11H2,1H3,(H,19,22). The van der Waals surface area contributed by atoms with Gasteiger partial charge in [-0.05, 0) is 31.3 Å². The second-order valence-electron chi connectivity index (χ2n) is 5.51. The maximum absolute atomic E-state index is 12.1. The highest BCUT2D eigenvalue weighted by molar-refractivity contribution is 5.92. The van der Waals surface area contributed by atoms with Crippen LogP contribution < -0.4 is 10.1 Å². The summed E-state index contributed by atoms with van der Waals surface area (Å²) in [6, 6.07) is 5.03. The first kappa shape index (κ1) is 18.5. The molecule has 1 aromatic rings. The smallest absolute Gasteiger partial charge is 0.406 e. The van der Waals surface area contributed by atoms with Gasteiger partial charge in [-0.2, -0.15) is 0 Å². The largest absolute Gasteiger partial charge is 0.573 e. The third-order valence-electron chi connectivity index (χ3n) is 3.33. The van der Waals surface area contributed by atoms with Crippen LogP contribution in [0.15, 0.2) is 24.3 Å². The number of alkyl halides is 3. The molecule has 0 atom stereocenters. The summed E-state index contributed by atoms with van der Waals surface area (Å²) < 4.78 is 45.3. The molecule has 134 valence electrons. The Morgan fingerprint density at radius 1 is 1.29 bits per heavy atom. The maximum atomic E-state index is 12.1. The van der Waals surface area contributed by atoms with Crippen molar-refractivity contribution < 1.29 is 27.4 Å². The number of ether oxygens (including phenoxy) is 2. The van der Waals surface area contributed by atoms with E-state index >= 15 is 0 Å². The lowest BCUT2D eigenvalue weighted by molar-refractivity contribution is -0.274. The van der Waals surface area contributed by atoms with E-state index in [0.29, 0.717) is 25.6 Å². The van der Waals surface area contributed by atoms with Gasteiger partial charge in [0.2, 0.25) is 5.91 Å². The molecule has 2 rings (SSSR count). The molecule has 0 aliphatic carbocycles. The fraction of sp³-hybridized carbons (Fsp3) is 0.533.